The lowest BCUT2D eigenvalue weighted by Gasteiger charge is -2.34. The van der Waals surface area contributed by atoms with E-state index in [4.69, 9.17) is 9.47 Å². The Hall–Kier alpha value is -2.49. The van der Waals surface area contributed by atoms with E-state index in [1.807, 2.05) is 69.3 Å². The maximum absolute atomic E-state index is 12.4. The van der Waals surface area contributed by atoms with Crippen LogP contribution >= 0.6 is 0 Å². The number of anilines is 1. The molecule has 4 heteroatoms. The van der Waals surface area contributed by atoms with Gasteiger partial charge in [0.15, 0.2) is 0 Å². The highest BCUT2D eigenvalue weighted by Crippen LogP contribution is 2.40. The molecule has 0 aliphatic carbocycles. The van der Waals surface area contributed by atoms with E-state index in [-0.39, 0.29) is 12.0 Å². The number of nitrogens with one attached hydrogen (secondary N) is 1. The minimum atomic E-state index is -0.761. The minimum Gasteiger partial charge on any atom is -0.495 e. The number of aryl methyl sites for hydroxylation is 1. The van der Waals surface area contributed by atoms with E-state index in [2.05, 4.69) is 5.32 Å². The average Bonchev–Trinajstić information content (AvgIpc) is 2.60. The first kappa shape index (κ1) is 17.9. The number of benzene rings is 2. The van der Waals surface area contributed by atoms with Gasteiger partial charge in [-0.1, -0.05) is 42.5 Å². The van der Waals surface area contributed by atoms with Crippen molar-refractivity contribution in [1.82, 2.24) is 0 Å². The summed E-state index contributed by atoms with van der Waals surface area (Å²) >= 11 is 0. The first-order valence-corrected chi connectivity index (χ1v) is 7.95. The van der Waals surface area contributed by atoms with Gasteiger partial charge in [0.2, 0.25) is 0 Å². The molecular weight excluding hydrogens is 302 g/mol. The summed E-state index contributed by atoms with van der Waals surface area (Å²) in [4.78, 5) is 12.4. The Labute approximate surface area is 143 Å². The van der Waals surface area contributed by atoms with Gasteiger partial charge >= 0.3 is 5.97 Å². The van der Waals surface area contributed by atoms with Gasteiger partial charge in [0.1, 0.15) is 5.75 Å². The maximum atomic E-state index is 12.4. The molecule has 2 aromatic carbocycles. The van der Waals surface area contributed by atoms with Crippen LogP contribution in [0.25, 0.3) is 0 Å². The number of ether oxygens (including phenoxy) is 2. The molecule has 1 N–H and O–H groups in total. The average molecular weight is 327 g/mol. The number of carbonyl (C=O) groups excluding carboxylic acids is 1. The standard InChI is InChI=1S/C20H25NO3/c1-14-10-9-13-16(23-4)17(14)21-18(15-11-7-6-8-12-15)20(2,3)19(22)24-5/h6-13,18,21H,1-5H3/t18-/m0/s1. The van der Waals surface area contributed by atoms with Crippen LogP contribution in [0.1, 0.15) is 31.0 Å². The third-order valence-electron chi connectivity index (χ3n) is 4.31. The number of para-hydroxylation sites is 1. The molecule has 24 heavy (non-hydrogen) atoms. The normalized spacial score (nSPS) is 12.4. The largest absolute Gasteiger partial charge is 0.495 e. The highest BCUT2D eigenvalue weighted by Gasteiger charge is 2.39. The van der Waals surface area contributed by atoms with Gasteiger partial charge in [0, 0.05) is 0 Å². The second-order valence-electron chi connectivity index (χ2n) is 6.35. The van der Waals surface area contributed by atoms with Gasteiger partial charge in [0.25, 0.3) is 0 Å². The van der Waals surface area contributed by atoms with Crippen LogP contribution in [0.3, 0.4) is 0 Å². The first-order chi connectivity index (χ1) is 11.4. The van der Waals surface area contributed by atoms with Crippen molar-refractivity contribution >= 4 is 11.7 Å². The summed E-state index contributed by atoms with van der Waals surface area (Å²) in [6, 6.07) is 15.5. The van der Waals surface area contributed by atoms with Crippen LogP contribution in [0.5, 0.6) is 5.75 Å². The fraction of sp³-hybridized carbons (Fsp3) is 0.350. The SMILES string of the molecule is COC(=O)C(C)(C)[C@@H](Nc1c(C)cccc1OC)c1ccccc1. The van der Waals surface area contributed by atoms with Gasteiger partial charge in [0.05, 0.1) is 31.4 Å². The Balaban J connectivity index is 2.51. The highest BCUT2D eigenvalue weighted by molar-refractivity contribution is 5.78. The summed E-state index contributed by atoms with van der Waals surface area (Å²) < 4.78 is 10.5. The number of carbonyl (C=O) groups is 1. The maximum Gasteiger partial charge on any atom is 0.313 e. The van der Waals surface area contributed by atoms with E-state index < -0.39 is 5.41 Å². The summed E-state index contributed by atoms with van der Waals surface area (Å²) in [5.41, 5.74) is 2.18. The molecule has 0 heterocycles. The molecule has 0 aliphatic heterocycles. The topological polar surface area (TPSA) is 47.6 Å². The van der Waals surface area contributed by atoms with Crippen LogP contribution in [-0.4, -0.2) is 20.2 Å². The molecule has 0 radical (unpaired) electrons. The molecule has 0 unspecified atom stereocenters. The van der Waals surface area contributed by atoms with Gasteiger partial charge in [-0.15, -0.1) is 0 Å². The summed E-state index contributed by atoms with van der Waals surface area (Å²) in [6.45, 7) is 5.78. The molecular formula is C20H25NO3. The van der Waals surface area contributed by atoms with E-state index >= 15 is 0 Å². The van der Waals surface area contributed by atoms with Crippen molar-refractivity contribution in [3.63, 3.8) is 0 Å². The van der Waals surface area contributed by atoms with Crippen molar-refractivity contribution < 1.29 is 14.3 Å². The second kappa shape index (κ2) is 7.39. The van der Waals surface area contributed by atoms with Gasteiger partial charge < -0.3 is 14.8 Å². The molecule has 4 nitrogen and oxygen atoms in total. The Morgan fingerprint density at radius 1 is 1.04 bits per heavy atom. The van der Waals surface area contributed by atoms with Crippen LogP contribution < -0.4 is 10.1 Å². The number of esters is 1. The number of rotatable bonds is 6. The van der Waals surface area contributed by atoms with E-state index in [9.17, 15) is 4.79 Å². The summed E-state index contributed by atoms with van der Waals surface area (Å²) in [7, 11) is 3.06. The fourth-order valence-corrected chi connectivity index (χ4v) is 2.85. The zero-order chi connectivity index (χ0) is 17.7. The Kier molecular flexibility index (Phi) is 5.50. The molecule has 0 spiro atoms. The zero-order valence-corrected chi connectivity index (χ0v) is 14.9. The van der Waals surface area contributed by atoms with E-state index in [0.29, 0.717) is 0 Å². The van der Waals surface area contributed by atoms with Crippen molar-refractivity contribution in [2.75, 3.05) is 19.5 Å². The van der Waals surface area contributed by atoms with Crippen LogP contribution in [0.4, 0.5) is 5.69 Å². The molecule has 2 aromatic rings. The third kappa shape index (κ3) is 3.53. The fourth-order valence-electron chi connectivity index (χ4n) is 2.85. The van der Waals surface area contributed by atoms with Crippen molar-refractivity contribution in [3.05, 3.63) is 59.7 Å². The predicted octanol–water partition coefficient (Wildman–Crippen LogP) is 4.36. The lowest BCUT2D eigenvalue weighted by Crippen LogP contribution is -2.37. The van der Waals surface area contributed by atoms with Gasteiger partial charge in [-0.05, 0) is 38.0 Å². The van der Waals surface area contributed by atoms with Gasteiger partial charge in [-0.3, -0.25) is 4.79 Å². The van der Waals surface area contributed by atoms with Crippen LogP contribution in [0, 0.1) is 12.3 Å². The highest BCUT2D eigenvalue weighted by atomic mass is 16.5. The molecule has 2 rings (SSSR count). The lowest BCUT2D eigenvalue weighted by molar-refractivity contribution is -0.151. The Morgan fingerprint density at radius 3 is 2.29 bits per heavy atom. The molecule has 0 aromatic heterocycles. The van der Waals surface area contributed by atoms with Crippen molar-refractivity contribution in [2.45, 2.75) is 26.8 Å². The van der Waals surface area contributed by atoms with Crippen LogP contribution in [0.15, 0.2) is 48.5 Å². The summed E-state index contributed by atoms with van der Waals surface area (Å²) in [5, 5.41) is 3.51. The van der Waals surface area contributed by atoms with Crippen molar-refractivity contribution in [2.24, 2.45) is 5.41 Å². The molecule has 0 amide bonds. The van der Waals surface area contributed by atoms with Crippen molar-refractivity contribution in [3.8, 4) is 5.75 Å². The van der Waals surface area contributed by atoms with E-state index in [1.54, 1.807) is 7.11 Å². The molecule has 0 fully saturated rings. The summed E-state index contributed by atoms with van der Waals surface area (Å²) in [5.74, 6) is 0.480. The molecule has 0 saturated carbocycles. The minimum absolute atomic E-state index is 0.263. The van der Waals surface area contributed by atoms with E-state index in [0.717, 1.165) is 22.6 Å². The van der Waals surface area contributed by atoms with Crippen LogP contribution in [0.2, 0.25) is 0 Å². The van der Waals surface area contributed by atoms with Gasteiger partial charge in [-0.25, -0.2) is 0 Å². The quantitative estimate of drug-likeness (QED) is 0.801. The number of methoxy groups -OCH3 is 2. The lowest BCUT2D eigenvalue weighted by atomic mass is 9.80. The smallest absolute Gasteiger partial charge is 0.313 e. The Bertz CT molecular complexity index is 695. The Morgan fingerprint density at radius 2 is 1.71 bits per heavy atom. The van der Waals surface area contributed by atoms with Gasteiger partial charge in [-0.2, -0.15) is 0 Å². The van der Waals surface area contributed by atoms with Crippen molar-refractivity contribution in [1.29, 1.82) is 0 Å². The number of hydrogen-bond donors (Lipinski definition) is 1. The molecule has 0 saturated heterocycles. The first-order valence-electron chi connectivity index (χ1n) is 7.95. The molecule has 1 atom stereocenters. The zero-order valence-electron chi connectivity index (χ0n) is 14.9. The molecule has 0 aliphatic rings. The second-order valence-corrected chi connectivity index (χ2v) is 6.35. The predicted molar refractivity (Wildman–Crippen MR) is 96.3 cm³/mol. The summed E-state index contributed by atoms with van der Waals surface area (Å²) in [6.07, 6.45) is 0. The number of hydrogen-bond acceptors (Lipinski definition) is 4. The third-order valence-corrected chi connectivity index (χ3v) is 4.31. The van der Waals surface area contributed by atoms with Crippen LogP contribution in [-0.2, 0) is 9.53 Å². The molecule has 128 valence electrons. The molecule has 0 bridgehead atoms. The monoisotopic (exact) mass is 327 g/mol. The van der Waals surface area contributed by atoms with E-state index in [1.165, 1.54) is 7.11 Å².